The fourth-order valence-corrected chi connectivity index (χ4v) is 12.2. The molecular weight excluding hydrogens is 1150 g/mol. The highest BCUT2D eigenvalue weighted by atomic mass is 16.7. The summed E-state index contributed by atoms with van der Waals surface area (Å²) in [7, 11) is 0. The minimum absolute atomic E-state index is 0.188. The van der Waals surface area contributed by atoms with Gasteiger partial charge in [-0.1, -0.05) is 367 Å². The van der Waals surface area contributed by atoms with E-state index in [4.69, 9.17) is 9.47 Å². The van der Waals surface area contributed by atoms with Crippen molar-refractivity contribution in [1.29, 1.82) is 0 Å². The van der Waals surface area contributed by atoms with E-state index < -0.39 is 49.5 Å². The van der Waals surface area contributed by atoms with Crippen molar-refractivity contribution in [2.24, 2.45) is 0 Å². The van der Waals surface area contributed by atoms with Crippen molar-refractivity contribution in [2.45, 2.75) is 403 Å². The largest absolute Gasteiger partial charge is 0.394 e. The molecule has 0 aromatic carbocycles. The van der Waals surface area contributed by atoms with Gasteiger partial charge in [-0.2, -0.15) is 0 Å². The van der Waals surface area contributed by atoms with Crippen LogP contribution in [-0.2, 0) is 14.3 Å². The summed E-state index contributed by atoms with van der Waals surface area (Å²) in [6, 6.07) is -0.835. The van der Waals surface area contributed by atoms with Gasteiger partial charge in [0.25, 0.3) is 0 Å². The van der Waals surface area contributed by atoms with Crippen molar-refractivity contribution in [3.8, 4) is 0 Å². The number of allylic oxidation sites excluding steroid dienone is 17. The van der Waals surface area contributed by atoms with Crippen LogP contribution < -0.4 is 5.32 Å². The number of unbranched alkanes of at least 4 members (excludes halogenated alkanes) is 43. The van der Waals surface area contributed by atoms with Crippen LogP contribution >= 0.6 is 0 Å². The highest BCUT2D eigenvalue weighted by Crippen LogP contribution is 2.23. The van der Waals surface area contributed by atoms with Gasteiger partial charge in [-0.05, 0) is 96.3 Å². The summed E-state index contributed by atoms with van der Waals surface area (Å²) in [5, 5.41) is 54.9. The van der Waals surface area contributed by atoms with Crippen LogP contribution in [-0.4, -0.2) is 87.5 Å². The molecule has 0 bridgehead atoms. The van der Waals surface area contributed by atoms with Gasteiger partial charge in [0.05, 0.1) is 25.4 Å². The summed E-state index contributed by atoms with van der Waals surface area (Å²) in [4.78, 5) is 13.2. The van der Waals surface area contributed by atoms with E-state index in [9.17, 15) is 30.3 Å². The Morgan fingerprint density at radius 1 is 0.376 bits per heavy atom. The van der Waals surface area contributed by atoms with E-state index in [-0.39, 0.29) is 12.5 Å². The molecule has 0 spiro atoms. The predicted octanol–water partition coefficient (Wildman–Crippen LogP) is 22.8. The Kier molecular flexibility index (Phi) is 67.7. The van der Waals surface area contributed by atoms with Crippen LogP contribution in [0, 0.1) is 0 Å². The van der Waals surface area contributed by atoms with Crippen LogP contribution in [0.15, 0.2) is 109 Å². The van der Waals surface area contributed by atoms with Gasteiger partial charge in [0.15, 0.2) is 6.29 Å². The first kappa shape index (κ1) is 87.9. The van der Waals surface area contributed by atoms with Crippen LogP contribution in [0.4, 0.5) is 0 Å². The second-order valence-corrected chi connectivity index (χ2v) is 27.1. The maximum Gasteiger partial charge on any atom is 0.220 e. The molecule has 1 aliphatic rings. The summed E-state index contributed by atoms with van der Waals surface area (Å²) < 4.78 is 11.3. The van der Waals surface area contributed by atoms with Crippen molar-refractivity contribution in [3.63, 3.8) is 0 Å². The van der Waals surface area contributed by atoms with E-state index in [2.05, 4.69) is 116 Å². The molecule has 7 unspecified atom stereocenters. The van der Waals surface area contributed by atoms with Crippen LogP contribution in [0.1, 0.15) is 361 Å². The van der Waals surface area contributed by atoms with E-state index in [1.165, 1.54) is 257 Å². The van der Waals surface area contributed by atoms with Crippen molar-refractivity contribution in [3.05, 3.63) is 109 Å². The van der Waals surface area contributed by atoms with Crippen LogP contribution in [0.25, 0.3) is 0 Å². The minimum Gasteiger partial charge on any atom is -0.394 e. The lowest BCUT2D eigenvalue weighted by atomic mass is 9.99. The highest BCUT2D eigenvalue weighted by Gasteiger charge is 2.44. The van der Waals surface area contributed by atoms with E-state index in [1.54, 1.807) is 6.08 Å². The Bertz CT molecular complexity index is 1850. The molecule has 1 amide bonds. The first-order chi connectivity index (χ1) is 45.8. The number of aliphatic hydroxyl groups is 5. The zero-order chi connectivity index (χ0) is 67.1. The number of hydrogen-bond donors (Lipinski definition) is 6. The van der Waals surface area contributed by atoms with Gasteiger partial charge in [0.1, 0.15) is 24.4 Å². The first-order valence-electron chi connectivity index (χ1n) is 39.6. The predicted molar refractivity (Wildman–Crippen MR) is 401 cm³/mol. The summed E-state index contributed by atoms with van der Waals surface area (Å²) >= 11 is 0. The highest BCUT2D eigenvalue weighted by molar-refractivity contribution is 5.76. The topological polar surface area (TPSA) is 149 Å². The standard InChI is InChI=1S/C84H149NO8/c1-3-5-7-9-11-13-15-17-19-21-23-25-27-29-31-33-35-36-37-38-39-40-41-42-44-46-48-50-52-54-56-58-60-62-64-66-68-70-72-74-80(88)85-77(76-92-84-83(91)82(90)81(89)79(75-86)93-84)78(87)73-71-69-67-65-63-61-59-57-55-53-51-49-47-45-43-34-32-30-28-26-24-22-20-18-16-14-12-10-8-6-4-2/h5,7,11,13,17,19,23,25,29,31,35-36,55,57,63,65,71,73,77-79,81-84,86-87,89-91H,3-4,6,8-10,12,14-16,18,20-22,24,26-28,30,32-34,37-54,56,58-62,64,66-70,72,74-76H2,1-2H3,(H,85,88)/b7-5-,13-11-,19-17-,25-23-,31-29-,36-35-,57-55+,65-63+,73-71+. The molecular formula is C84H149NO8. The van der Waals surface area contributed by atoms with E-state index in [0.717, 1.165) is 83.5 Å². The van der Waals surface area contributed by atoms with Gasteiger partial charge in [-0.15, -0.1) is 0 Å². The monoisotopic (exact) mass is 1300 g/mol. The normalized spacial score (nSPS) is 18.2. The molecule has 7 atom stereocenters. The Hall–Kier alpha value is -3.15. The maximum absolute atomic E-state index is 13.2. The lowest BCUT2D eigenvalue weighted by Crippen LogP contribution is -2.60. The molecule has 0 aromatic rings. The van der Waals surface area contributed by atoms with Gasteiger partial charge in [-0.3, -0.25) is 4.79 Å². The summed E-state index contributed by atoms with van der Waals surface area (Å²) in [6.07, 6.45) is 99.5. The smallest absolute Gasteiger partial charge is 0.220 e. The van der Waals surface area contributed by atoms with Gasteiger partial charge >= 0.3 is 0 Å². The number of carbonyl (C=O) groups is 1. The molecule has 1 aliphatic heterocycles. The third-order valence-electron chi connectivity index (χ3n) is 18.3. The molecule has 0 saturated carbocycles. The number of nitrogens with one attached hydrogen (secondary N) is 1. The zero-order valence-electron chi connectivity index (χ0n) is 60.5. The molecule has 538 valence electrons. The van der Waals surface area contributed by atoms with Gasteiger partial charge < -0.3 is 40.3 Å². The van der Waals surface area contributed by atoms with Gasteiger partial charge in [0, 0.05) is 6.42 Å². The second-order valence-electron chi connectivity index (χ2n) is 27.1. The third kappa shape index (κ3) is 59.8. The SMILES string of the molecule is CC/C=C\C/C=C\C/C=C\C/C=C\C/C=C\C/C=C\CCCCCCCCCCCCCCCCCCCCCCC(=O)NC(COC1OC(CO)C(O)C(O)C1O)C(O)/C=C/CC/C=C/CC/C=C/CCCCCCCCCCCCCCCCCCCCCCC. The average molecular weight is 1300 g/mol. The molecule has 9 heteroatoms. The average Bonchev–Trinajstić information content (AvgIpc) is 1.02. The Morgan fingerprint density at radius 3 is 1.03 bits per heavy atom. The molecule has 9 nitrogen and oxygen atoms in total. The van der Waals surface area contributed by atoms with Crippen LogP contribution in [0.2, 0.25) is 0 Å². The third-order valence-corrected chi connectivity index (χ3v) is 18.3. The summed E-state index contributed by atoms with van der Waals surface area (Å²) in [5.41, 5.74) is 0. The van der Waals surface area contributed by atoms with Crippen molar-refractivity contribution < 1.29 is 39.8 Å². The molecule has 0 radical (unpaired) electrons. The van der Waals surface area contributed by atoms with Crippen molar-refractivity contribution in [1.82, 2.24) is 5.32 Å². The number of amides is 1. The fourth-order valence-electron chi connectivity index (χ4n) is 12.2. The number of ether oxygens (including phenoxy) is 2. The molecule has 93 heavy (non-hydrogen) atoms. The Morgan fingerprint density at radius 2 is 0.677 bits per heavy atom. The molecule has 6 N–H and O–H groups in total. The van der Waals surface area contributed by atoms with E-state index in [0.29, 0.717) is 6.42 Å². The lowest BCUT2D eigenvalue weighted by molar-refractivity contribution is -0.302. The molecule has 0 aliphatic carbocycles. The molecule has 1 rings (SSSR count). The van der Waals surface area contributed by atoms with Crippen LogP contribution in [0.3, 0.4) is 0 Å². The Labute approximate surface area is 574 Å². The second kappa shape index (κ2) is 71.6. The number of aliphatic hydroxyl groups excluding tert-OH is 5. The fraction of sp³-hybridized carbons (Fsp3) is 0.774. The molecule has 1 heterocycles. The summed E-state index contributed by atoms with van der Waals surface area (Å²) in [5.74, 6) is -0.188. The summed E-state index contributed by atoms with van der Waals surface area (Å²) in [6.45, 7) is 3.68. The van der Waals surface area contributed by atoms with Crippen molar-refractivity contribution >= 4 is 5.91 Å². The minimum atomic E-state index is -1.58. The number of rotatable bonds is 69. The zero-order valence-corrected chi connectivity index (χ0v) is 60.5. The number of hydrogen-bond acceptors (Lipinski definition) is 8. The lowest BCUT2D eigenvalue weighted by Gasteiger charge is -2.40. The number of carbonyl (C=O) groups excluding carboxylic acids is 1. The van der Waals surface area contributed by atoms with Crippen molar-refractivity contribution in [2.75, 3.05) is 13.2 Å². The van der Waals surface area contributed by atoms with Crippen LogP contribution in [0.5, 0.6) is 0 Å². The molecule has 0 aromatic heterocycles. The molecule has 1 fully saturated rings. The quantitative estimate of drug-likeness (QED) is 0.0261. The Balaban J connectivity index is 2.10. The maximum atomic E-state index is 13.2. The van der Waals surface area contributed by atoms with Gasteiger partial charge in [0.2, 0.25) is 5.91 Å². The van der Waals surface area contributed by atoms with Gasteiger partial charge in [-0.25, -0.2) is 0 Å². The van der Waals surface area contributed by atoms with E-state index in [1.807, 2.05) is 6.08 Å². The molecule has 1 saturated heterocycles. The van der Waals surface area contributed by atoms with E-state index >= 15 is 0 Å². The first-order valence-corrected chi connectivity index (χ1v) is 39.6.